The molecule has 21 heavy (non-hydrogen) atoms. The van der Waals surface area contributed by atoms with E-state index in [4.69, 9.17) is 10.7 Å². The lowest BCUT2D eigenvalue weighted by molar-refractivity contribution is 0.603. The standard InChI is InChI=1S/C13H13ClN2O4S/c1-8-3-9(2)5-10(4-8)6-16-7-11(21(14,19)20)12(17)15-13(16)18/h3-5,7H,6H2,1-2H3,(H,15,17,18). The maximum Gasteiger partial charge on any atom is 0.328 e. The number of nitrogens with one attached hydrogen (secondary N) is 1. The van der Waals surface area contributed by atoms with E-state index >= 15 is 0 Å². The minimum atomic E-state index is -4.21. The van der Waals surface area contributed by atoms with Gasteiger partial charge < -0.3 is 0 Å². The summed E-state index contributed by atoms with van der Waals surface area (Å²) in [5.41, 5.74) is 1.15. The monoisotopic (exact) mass is 328 g/mol. The fourth-order valence-electron chi connectivity index (χ4n) is 2.14. The highest BCUT2D eigenvalue weighted by Gasteiger charge is 2.17. The first-order valence-corrected chi connectivity index (χ1v) is 8.33. The van der Waals surface area contributed by atoms with E-state index in [-0.39, 0.29) is 6.54 Å². The molecule has 0 radical (unpaired) electrons. The molecule has 0 atom stereocenters. The van der Waals surface area contributed by atoms with E-state index < -0.39 is 25.2 Å². The minimum absolute atomic E-state index is 0.136. The van der Waals surface area contributed by atoms with Crippen LogP contribution in [0, 0.1) is 13.8 Å². The molecule has 0 aliphatic carbocycles. The van der Waals surface area contributed by atoms with Gasteiger partial charge in [-0.1, -0.05) is 29.3 Å². The summed E-state index contributed by atoms with van der Waals surface area (Å²) >= 11 is 0. The third-order valence-corrected chi connectivity index (χ3v) is 4.19. The zero-order valence-electron chi connectivity index (χ0n) is 11.4. The van der Waals surface area contributed by atoms with Crippen molar-refractivity contribution in [2.45, 2.75) is 25.3 Å². The van der Waals surface area contributed by atoms with E-state index in [1.165, 1.54) is 0 Å². The smallest absolute Gasteiger partial charge is 0.295 e. The number of aryl methyl sites for hydroxylation is 2. The largest absolute Gasteiger partial charge is 0.328 e. The summed E-state index contributed by atoms with van der Waals surface area (Å²) in [6.07, 6.45) is 0.959. The second-order valence-corrected chi connectivity index (χ2v) is 7.35. The van der Waals surface area contributed by atoms with Gasteiger partial charge in [-0.15, -0.1) is 0 Å². The lowest BCUT2D eigenvalue weighted by Gasteiger charge is -2.08. The van der Waals surface area contributed by atoms with Gasteiger partial charge in [0.2, 0.25) is 0 Å². The van der Waals surface area contributed by atoms with Gasteiger partial charge in [0.15, 0.2) is 4.90 Å². The number of H-pyrrole nitrogens is 1. The molecule has 0 bridgehead atoms. The zero-order valence-corrected chi connectivity index (χ0v) is 13.0. The van der Waals surface area contributed by atoms with Crippen molar-refractivity contribution in [1.29, 1.82) is 0 Å². The van der Waals surface area contributed by atoms with Crippen molar-refractivity contribution in [1.82, 2.24) is 9.55 Å². The fraction of sp³-hybridized carbons (Fsp3) is 0.231. The highest BCUT2D eigenvalue weighted by atomic mass is 35.7. The molecule has 0 unspecified atom stereocenters. The Hall–Kier alpha value is -1.86. The van der Waals surface area contributed by atoms with Crippen LogP contribution in [0.25, 0.3) is 0 Å². The molecule has 0 amide bonds. The summed E-state index contributed by atoms with van der Waals surface area (Å²) in [4.78, 5) is 24.5. The quantitative estimate of drug-likeness (QED) is 0.855. The van der Waals surface area contributed by atoms with Crippen molar-refractivity contribution in [2.24, 2.45) is 0 Å². The van der Waals surface area contributed by atoms with Gasteiger partial charge in [0, 0.05) is 16.9 Å². The Labute approximate surface area is 125 Å². The number of aromatic nitrogens is 2. The van der Waals surface area contributed by atoms with Crippen LogP contribution in [0.1, 0.15) is 16.7 Å². The maximum absolute atomic E-state index is 11.8. The molecule has 0 fully saturated rings. The van der Waals surface area contributed by atoms with Gasteiger partial charge in [0.25, 0.3) is 14.6 Å². The molecular formula is C13H13ClN2O4S. The molecule has 0 aliphatic rings. The third kappa shape index (κ3) is 3.62. The molecule has 1 aromatic carbocycles. The summed E-state index contributed by atoms with van der Waals surface area (Å²) < 4.78 is 23.7. The van der Waals surface area contributed by atoms with Crippen LogP contribution in [0.2, 0.25) is 0 Å². The molecule has 0 aliphatic heterocycles. The van der Waals surface area contributed by atoms with Crippen LogP contribution in [0.3, 0.4) is 0 Å². The van der Waals surface area contributed by atoms with E-state index in [0.29, 0.717) is 0 Å². The van der Waals surface area contributed by atoms with E-state index in [0.717, 1.165) is 27.5 Å². The van der Waals surface area contributed by atoms with Crippen molar-refractivity contribution in [3.63, 3.8) is 0 Å². The summed E-state index contributed by atoms with van der Waals surface area (Å²) in [7, 11) is 0.966. The predicted molar refractivity (Wildman–Crippen MR) is 79.4 cm³/mol. The SMILES string of the molecule is Cc1cc(C)cc(Cn2cc(S(=O)(=O)Cl)c(=O)[nH]c2=O)c1. The van der Waals surface area contributed by atoms with Gasteiger partial charge in [-0.2, -0.15) is 0 Å². The Kier molecular flexibility index (Phi) is 4.06. The van der Waals surface area contributed by atoms with Gasteiger partial charge in [0.1, 0.15) is 0 Å². The summed E-state index contributed by atoms with van der Waals surface area (Å²) in [6, 6.07) is 5.73. The molecule has 1 N–H and O–H groups in total. The number of aromatic amines is 1. The maximum atomic E-state index is 11.8. The molecule has 0 saturated heterocycles. The first-order chi connectivity index (χ1) is 9.66. The molecule has 1 aromatic heterocycles. The predicted octanol–water partition coefficient (Wildman–Crippen LogP) is 1.13. The molecule has 6 nitrogen and oxygen atoms in total. The minimum Gasteiger partial charge on any atom is -0.295 e. The molecule has 2 rings (SSSR count). The topological polar surface area (TPSA) is 89.0 Å². The van der Waals surface area contributed by atoms with E-state index in [1.807, 2.05) is 37.0 Å². The number of hydrogen-bond acceptors (Lipinski definition) is 4. The molecule has 1 heterocycles. The first-order valence-electron chi connectivity index (χ1n) is 6.02. The number of hydrogen-bond donors (Lipinski definition) is 1. The molecule has 2 aromatic rings. The number of rotatable bonds is 3. The van der Waals surface area contributed by atoms with Crippen LogP contribution in [-0.2, 0) is 15.6 Å². The zero-order chi connectivity index (χ0) is 15.8. The third-order valence-electron chi connectivity index (χ3n) is 2.88. The van der Waals surface area contributed by atoms with Crippen LogP contribution in [-0.4, -0.2) is 18.0 Å². The number of nitrogens with zero attached hydrogens (tertiary/aromatic N) is 1. The first kappa shape index (κ1) is 15.5. The fourth-order valence-corrected chi connectivity index (χ4v) is 2.99. The molecule has 8 heteroatoms. The van der Waals surface area contributed by atoms with Crippen molar-refractivity contribution < 1.29 is 8.42 Å². The average molecular weight is 329 g/mol. The van der Waals surface area contributed by atoms with Gasteiger partial charge in [0.05, 0.1) is 6.54 Å². The van der Waals surface area contributed by atoms with Crippen molar-refractivity contribution in [3.05, 3.63) is 61.9 Å². The molecule has 112 valence electrons. The Morgan fingerprint density at radius 1 is 1.14 bits per heavy atom. The highest BCUT2D eigenvalue weighted by molar-refractivity contribution is 8.13. The molecule has 0 spiro atoms. The Morgan fingerprint density at radius 2 is 1.71 bits per heavy atom. The Bertz CT molecular complexity index is 892. The summed E-state index contributed by atoms with van der Waals surface area (Å²) in [6.45, 7) is 3.97. The second kappa shape index (κ2) is 5.50. The summed E-state index contributed by atoms with van der Waals surface area (Å²) in [5.74, 6) is 0. The average Bonchev–Trinajstić information content (AvgIpc) is 2.29. The van der Waals surface area contributed by atoms with E-state index in [2.05, 4.69) is 0 Å². The van der Waals surface area contributed by atoms with Crippen LogP contribution in [0.4, 0.5) is 0 Å². The van der Waals surface area contributed by atoms with Gasteiger partial charge in [-0.05, 0) is 19.4 Å². The van der Waals surface area contributed by atoms with Crippen LogP contribution in [0.15, 0.2) is 38.9 Å². The molecular weight excluding hydrogens is 316 g/mol. The highest BCUT2D eigenvalue weighted by Crippen LogP contribution is 2.11. The van der Waals surface area contributed by atoms with Gasteiger partial charge in [-0.3, -0.25) is 14.3 Å². The van der Waals surface area contributed by atoms with Gasteiger partial charge in [-0.25, -0.2) is 13.2 Å². The second-order valence-electron chi connectivity index (χ2n) is 4.81. The van der Waals surface area contributed by atoms with E-state index in [1.54, 1.807) is 0 Å². The van der Waals surface area contributed by atoms with Gasteiger partial charge >= 0.3 is 5.69 Å². The normalized spacial score (nSPS) is 11.6. The number of benzene rings is 1. The summed E-state index contributed by atoms with van der Waals surface area (Å²) in [5, 5.41) is 0. The number of halogens is 1. The Morgan fingerprint density at radius 3 is 2.24 bits per heavy atom. The van der Waals surface area contributed by atoms with Crippen molar-refractivity contribution in [2.75, 3.05) is 0 Å². The van der Waals surface area contributed by atoms with Crippen LogP contribution in [0.5, 0.6) is 0 Å². The van der Waals surface area contributed by atoms with Crippen LogP contribution < -0.4 is 11.2 Å². The van der Waals surface area contributed by atoms with Crippen LogP contribution >= 0.6 is 10.7 Å². The molecule has 0 saturated carbocycles. The Balaban J connectivity index is 2.55. The van der Waals surface area contributed by atoms with Crippen molar-refractivity contribution >= 4 is 19.7 Å². The lowest BCUT2D eigenvalue weighted by Crippen LogP contribution is -2.32. The lowest BCUT2D eigenvalue weighted by atomic mass is 10.1. The van der Waals surface area contributed by atoms with E-state index in [9.17, 15) is 18.0 Å². The van der Waals surface area contributed by atoms with Crippen molar-refractivity contribution in [3.8, 4) is 0 Å².